The molecule has 0 atom stereocenters. The minimum atomic E-state index is -0.427. The van der Waals surface area contributed by atoms with E-state index < -0.39 is 5.82 Å². The predicted molar refractivity (Wildman–Crippen MR) is 110 cm³/mol. The Labute approximate surface area is 169 Å². The van der Waals surface area contributed by atoms with Crippen molar-refractivity contribution in [3.8, 4) is 5.75 Å². The number of morpholine rings is 1. The summed E-state index contributed by atoms with van der Waals surface area (Å²) in [7, 11) is 0. The molecule has 4 rings (SSSR count). The molecule has 0 N–H and O–H groups in total. The molecule has 1 saturated heterocycles. The fourth-order valence-corrected chi connectivity index (χ4v) is 3.60. The van der Waals surface area contributed by atoms with Crippen LogP contribution in [0.2, 0.25) is 5.02 Å². The van der Waals surface area contributed by atoms with Crippen molar-refractivity contribution in [2.75, 3.05) is 51.0 Å². The molecular formula is C21H23ClFN3O2. The van der Waals surface area contributed by atoms with E-state index in [9.17, 15) is 4.39 Å². The van der Waals surface area contributed by atoms with Crippen LogP contribution in [0, 0.1) is 5.82 Å². The van der Waals surface area contributed by atoms with E-state index in [0.29, 0.717) is 13.3 Å². The average molecular weight is 404 g/mol. The third-order valence-electron chi connectivity index (χ3n) is 4.95. The minimum Gasteiger partial charge on any atom is -0.493 e. The molecule has 5 nitrogen and oxygen atoms in total. The highest BCUT2D eigenvalue weighted by Crippen LogP contribution is 2.34. The van der Waals surface area contributed by atoms with Gasteiger partial charge >= 0.3 is 0 Å². The molecule has 0 spiro atoms. The zero-order valence-electron chi connectivity index (χ0n) is 15.6. The monoisotopic (exact) mass is 403 g/mol. The van der Waals surface area contributed by atoms with Crippen molar-refractivity contribution in [2.45, 2.75) is 6.42 Å². The Kier molecular flexibility index (Phi) is 6.10. The van der Waals surface area contributed by atoms with E-state index in [2.05, 4.69) is 9.89 Å². The lowest BCUT2D eigenvalue weighted by Gasteiger charge is -2.28. The Hall–Kier alpha value is -2.15. The summed E-state index contributed by atoms with van der Waals surface area (Å²) in [5.41, 5.74) is 2.77. The fraction of sp³-hybridized carbons (Fsp3) is 0.381. The zero-order valence-corrected chi connectivity index (χ0v) is 16.4. The summed E-state index contributed by atoms with van der Waals surface area (Å²) in [6, 6.07) is 10.7. The van der Waals surface area contributed by atoms with Gasteiger partial charge in [0.05, 0.1) is 30.5 Å². The molecule has 2 aromatic rings. The Bertz CT molecular complexity index is 856. The smallest absolute Gasteiger partial charge is 0.141 e. The van der Waals surface area contributed by atoms with Crippen LogP contribution in [-0.2, 0) is 4.74 Å². The van der Waals surface area contributed by atoms with Crippen molar-refractivity contribution in [3.05, 3.63) is 52.8 Å². The second-order valence-corrected chi connectivity index (χ2v) is 7.26. The third kappa shape index (κ3) is 4.46. The summed E-state index contributed by atoms with van der Waals surface area (Å²) in [6.45, 7) is 5.75. The normalized spacial score (nSPS) is 16.9. The van der Waals surface area contributed by atoms with Crippen LogP contribution >= 0.6 is 11.6 Å². The van der Waals surface area contributed by atoms with E-state index in [1.807, 2.05) is 29.3 Å². The van der Waals surface area contributed by atoms with Gasteiger partial charge in [0.15, 0.2) is 0 Å². The molecule has 0 saturated carbocycles. The van der Waals surface area contributed by atoms with E-state index in [1.54, 1.807) is 12.1 Å². The van der Waals surface area contributed by atoms with Crippen molar-refractivity contribution in [1.29, 1.82) is 0 Å². The van der Waals surface area contributed by atoms with Gasteiger partial charge in [-0.05, 0) is 36.8 Å². The molecule has 2 aromatic carbocycles. The molecule has 2 aliphatic heterocycles. The number of ether oxygens (including phenoxy) is 2. The molecule has 0 bridgehead atoms. The second-order valence-electron chi connectivity index (χ2n) is 6.86. The molecule has 0 unspecified atom stereocenters. The number of rotatable bonds is 6. The van der Waals surface area contributed by atoms with Gasteiger partial charge in [-0.3, -0.25) is 9.89 Å². The molecular weight excluding hydrogens is 381 g/mol. The topological polar surface area (TPSA) is 37.3 Å². The highest BCUT2D eigenvalue weighted by molar-refractivity contribution is 6.31. The van der Waals surface area contributed by atoms with Gasteiger partial charge in [-0.1, -0.05) is 11.6 Å². The maximum Gasteiger partial charge on any atom is 0.141 e. The Balaban J connectivity index is 1.42. The fourth-order valence-electron chi connectivity index (χ4n) is 3.43. The number of aliphatic imine (C=N–C) groups is 1. The number of anilines is 2. The molecule has 1 fully saturated rings. The number of benzene rings is 2. The first-order valence-corrected chi connectivity index (χ1v) is 9.88. The van der Waals surface area contributed by atoms with Gasteiger partial charge < -0.3 is 14.4 Å². The largest absolute Gasteiger partial charge is 0.493 e. The lowest BCUT2D eigenvalue weighted by Crippen LogP contribution is -2.37. The summed E-state index contributed by atoms with van der Waals surface area (Å²) in [4.78, 5) is 8.79. The van der Waals surface area contributed by atoms with Crippen LogP contribution in [0.5, 0.6) is 5.75 Å². The van der Waals surface area contributed by atoms with Crippen molar-refractivity contribution >= 4 is 29.2 Å². The quantitative estimate of drug-likeness (QED) is 0.680. The zero-order chi connectivity index (χ0) is 19.3. The van der Waals surface area contributed by atoms with Crippen molar-refractivity contribution in [1.82, 2.24) is 4.90 Å². The molecule has 0 aromatic heterocycles. The van der Waals surface area contributed by atoms with Gasteiger partial charge in [-0.2, -0.15) is 0 Å². The minimum absolute atomic E-state index is 0.101. The van der Waals surface area contributed by atoms with Crippen LogP contribution in [0.15, 0.2) is 41.4 Å². The highest BCUT2D eigenvalue weighted by atomic mass is 35.5. The second kappa shape index (κ2) is 8.90. The summed E-state index contributed by atoms with van der Waals surface area (Å²) in [5, 5.41) is 0.101. The Morgan fingerprint density at radius 3 is 2.82 bits per heavy atom. The lowest BCUT2D eigenvalue weighted by molar-refractivity contribution is 0.0358. The predicted octanol–water partition coefficient (Wildman–Crippen LogP) is 4.11. The van der Waals surface area contributed by atoms with Crippen LogP contribution < -0.4 is 9.64 Å². The first-order chi connectivity index (χ1) is 13.7. The number of hydrogen-bond donors (Lipinski definition) is 0. The molecule has 2 heterocycles. The summed E-state index contributed by atoms with van der Waals surface area (Å²) < 4.78 is 24.9. The molecule has 2 aliphatic rings. The third-order valence-corrected chi connectivity index (χ3v) is 5.24. The van der Waals surface area contributed by atoms with Gasteiger partial charge in [0.1, 0.15) is 18.2 Å². The van der Waals surface area contributed by atoms with Gasteiger partial charge in [-0.15, -0.1) is 0 Å². The number of halogens is 2. The van der Waals surface area contributed by atoms with Crippen LogP contribution in [0.25, 0.3) is 0 Å². The van der Waals surface area contributed by atoms with Crippen molar-refractivity contribution in [3.63, 3.8) is 0 Å². The standard InChI is InChI=1S/C21H23ClFN3O2/c22-19-12-17(3-5-20(19)23)26-15-24-14-16-2-4-18(13-21(16)26)28-9-1-6-25-7-10-27-11-8-25/h2-5,12-14H,1,6-11,15H2. The summed E-state index contributed by atoms with van der Waals surface area (Å²) in [5.74, 6) is 0.387. The summed E-state index contributed by atoms with van der Waals surface area (Å²) >= 11 is 5.96. The number of fused-ring (bicyclic) bond motifs is 1. The highest BCUT2D eigenvalue weighted by Gasteiger charge is 2.18. The molecule has 148 valence electrons. The maximum absolute atomic E-state index is 13.5. The van der Waals surface area contributed by atoms with Crippen LogP contribution in [-0.4, -0.2) is 57.2 Å². The van der Waals surface area contributed by atoms with E-state index >= 15 is 0 Å². The van der Waals surface area contributed by atoms with Gasteiger partial charge in [0, 0.05) is 43.2 Å². The lowest BCUT2D eigenvalue weighted by atomic mass is 10.1. The first kappa shape index (κ1) is 19.2. The van der Waals surface area contributed by atoms with Crippen molar-refractivity contribution in [2.24, 2.45) is 4.99 Å². The van der Waals surface area contributed by atoms with Crippen LogP contribution in [0.4, 0.5) is 15.8 Å². The number of nitrogens with zero attached hydrogens (tertiary/aromatic N) is 3. The van der Waals surface area contributed by atoms with Gasteiger partial charge in [0.2, 0.25) is 0 Å². The average Bonchev–Trinajstić information content (AvgIpc) is 2.73. The number of hydrogen-bond acceptors (Lipinski definition) is 5. The Morgan fingerprint density at radius 2 is 2.00 bits per heavy atom. The summed E-state index contributed by atoms with van der Waals surface area (Å²) in [6.07, 6.45) is 2.81. The van der Waals surface area contributed by atoms with E-state index in [4.69, 9.17) is 21.1 Å². The van der Waals surface area contributed by atoms with Gasteiger partial charge in [0.25, 0.3) is 0 Å². The Morgan fingerprint density at radius 1 is 1.14 bits per heavy atom. The molecule has 0 aliphatic carbocycles. The van der Waals surface area contributed by atoms with E-state index in [0.717, 1.165) is 62.0 Å². The van der Waals surface area contributed by atoms with Crippen LogP contribution in [0.1, 0.15) is 12.0 Å². The molecule has 28 heavy (non-hydrogen) atoms. The van der Waals surface area contributed by atoms with Crippen molar-refractivity contribution < 1.29 is 13.9 Å². The van der Waals surface area contributed by atoms with E-state index in [-0.39, 0.29) is 5.02 Å². The maximum atomic E-state index is 13.5. The molecule has 7 heteroatoms. The SMILES string of the molecule is Fc1ccc(N2CN=Cc3ccc(OCCCN4CCOCC4)cc32)cc1Cl. The van der Waals surface area contributed by atoms with Crippen LogP contribution in [0.3, 0.4) is 0 Å². The van der Waals surface area contributed by atoms with E-state index in [1.165, 1.54) is 6.07 Å². The molecule has 0 amide bonds. The molecule has 0 radical (unpaired) electrons. The van der Waals surface area contributed by atoms with Gasteiger partial charge in [-0.25, -0.2) is 4.39 Å². The first-order valence-electron chi connectivity index (χ1n) is 9.50.